The van der Waals surface area contributed by atoms with E-state index in [1.54, 1.807) is 6.26 Å². The first-order chi connectivity index (χ1) is 8.30. The third-order valence-corrected chi connectivity index (χ3v) is 4.22. The van der Waals surface area contributed by atoms with Crippen LogP contribution in [0, 0.1) is 0 Å². The molecule has 0 aliphatic heterocycles. The first-order valence-electron chi connectivity index (χ1n) is 4.93. The van der Waals surface area contributed by atoms with Crippen molar-refractivity contribution in [3.8, 4) is 0 Å². The normalized spacial score (nSPS) is 13.0. The van der Waals surface area contributed by atoms with Crippen LogP contribution in [0.1, 0.15) is 10.4 Å². The van der Waals surface area contributed by atoms with E-state index in [0.29, 0.717) is 17.9 Å². The Morgan fingerprint density at radius 2 is 1.89 bits per heavy atom. The highest BCUT2D eigenvalue weighted by Gasteiger charge is 2.11. The van der Waals surface area contributed by atoms with E-state index in [1.807, 2.05) is 0 Å². The molecule has 5 nitrogen and oxygen atoms in total. The Morgan fingerprint density at radius 1 is 1.33 bits per heavy atom. The molecule has 100 valence electrons. The Morgan fingerprint density at radius 3 is 2.33 bits per heavy atom. The standard InChI is InChI=1S/C10H12ClNO4S2/c1-17(14)7-6-12-10(13)8-2-4-9(5-3-8)18(11,15)16/h2-5H,6-7H2,1H3,(H,12,13). The van der Waals surface area contributed by atoms with Gasteiger partial charge in [0.2, 0.25) is 0 Å². The molecule has 1 N–H and O–H groups in total. The van der Waals surface area contributed by atoms with Gasteiger partial charge in [0.1, 0.15) is 0 Å². The number of halogens is 1. The zero-order valence-electron chi connectivity index (χ0n) is 9.55. The van der Waals surface area contributed by atoms with E-state index in [9.17, 15) is 17.4 Å². The summed E-state index contributed by atoms with van der Waals surface area (Å²) in [6.07, 6.45) is 1.55. The predicted octanol–water partition coefficient (Wildman–Crippen LogP) is 0.722. The highest BCUT2D eigenvalue weighted by molar-refractivity contribution is 8.13. The molecule has 0 radical (unpaired) electrons. The third kappa shape index (κ3) is 4.75. The van der Waals surface area contributed by atoms with E-state index >= 15 is 0 Å². The Hall–Kier alpha value is -0.920. The Labute approximate surface area is 112 Å². The molecule has 1 rings (SSSR count). The fourth-order valence-corrected chi connectivity index (χ4v) is 2.34. The summed E-state index contributed by atoms with van der Waals surface area (Å²) in [4.78, 5) is 11.5. The molecule has 8 heteroatoms. The van der Waals surface area contributed by atoms with E-state index in [-0.39, 0.29) is 10.8 Å². The maximum atomic E-state index is 11.6. The van der Waals surface area contributed by atoms with Gasteiger partial charge < -0.3 is 5.32 Å². The smallest absolute Gasteiger partial charge is 0.261 e. The quantitative estimate of drug-likeness (QED) is 0.813. The molecule has 0 heterocycles. The molecule has 0 saturated heterocycles. The highest BCUT2D eigenvalue weighted by Crippen LogP contribution is 2.15. The Balaban J connectivity index is 2.68. The lowest BCUT2D eigenvalue weighted by Crippen LogP contribution is -2.27. The van der Waals surface area contributed by atoms with Crippen LogP contribution in [-0.4, -0.2) is 37.1 Å². The predicted molar refractivity (Wildman–Crippen MR) is 70.7 cm³/mol. The van der Waals surface area contributed by atoms with Crippen LogP contribution in [0.2, 0.25) is 0 Å². The summed E-state index contributed by atoms with van der Waals surface area (Å²) in [6.45, 7) is 0.303. The van der Waals surface area contributed by atoms with Crippen LogP contribution in [0.4, 0.5) is 0 Å². The average molecular weight is 310 g/mol. The van der Waals surface area contributed by atoms with Gasteiger partial charge >= 0.3 is 0 Å². The first kappa shape index (κ1) is 15.1. The number of benzene rings is 1. The van der Waals surface area contributed by atoms with Gasteiger partial charge in [-0.2, -0.15) is 0 Å². The van der Waals surface area contributed by atoms with Gasteiger partial charge in [0.25, 0.3) is 15.0 Å². The maximum Gasteiger partial charge on any atom is 0.261 e. The van der Waals surface area contributed by atoms with Gasteiger partial charge in [0.15, 0.2) is 0 Å². The molecule has 0 aromatic heterocycles. The Bertz CT molecular complexity index is 554. The van der Waals surface area contributed by atoms with Crippen molar-refractivity contribution in [3.63, 3.8) is 0 Å². The monoisotopic (exact) mass is 309 g/mol. The molecule has 18 heavy (non-hydrogen) atoms. The summed E-state index contributed by atoms with van der Waals surface area (Å²) in [7, 11) is 0.408. The van der Waals surface area contributed by atoms with Crippen molar-refractivity contribution in [2.75, 3.05) is 18.6 Å². The van der Waals surface area contributed by atoms with Crippen LogP contribution in [-0.2, 0) is 19.9 Å². The molecule has 1 unspecified atom stereocenters. The van der Waals surface area contributed by atoms with Gasteiger partial charge in [-0.1, -0.05) is 0 Å². The van der Waals surface area contributed by atoms with Gasteiger partial charge in [0.05, 0.1) is 4.90 Å². The summed E-state index contributed by atoms with van der Waals surface area (Å²) in [5.41, 5.74) is 0.320. The van der Waals surface area contributed by atoms with Crippen molar-refractivity contribution in [2.24, 2.45) is 0 Å². The number of carbonyl (C=O) groups is 1. The summed E-state index contributed by atoms with van der Waals surface area (Å²) < 4.78 is 32.8. The van der Waals surface area contributed by atoms with Crippen molar-refractivity contribution in [2.45, 2.75) is 4.90 Å². The van der Waals surface area contributed by atoms with Crippen LogP contribution < -0.4 is 5.32 Å². The number of carbonyl (C=O) groups excluding carboxylic acids is 1. The number of hydrogen-bond donors (Lipinski definition) is 1. The SMILES string of the molecule is CS(=O)CCNC(=O)c1ccc(S(=O)(=O)Cl)cc1. The van der Waals surface area contributed by atoms with Gasteiger partial charge in [0, 0.05) is 45.6 Å². The van der Waals surface area contributed by atoms with Crippen LogP contribution in [0.5, 0.6) is 0 Å². The van der Waals surface area contributed by atoms with Gasteiger partial charge in [-0.3, -0.25) is 9.00 Å². The van der Waals surface area contributed by atoms with Gasteiger partial charge in [-0.25, -0.2) is 8.42 Å². The fraction of sp³-hybridized carbons (Fsp3) is 0.300. The van der Waals surface area contributed by atoms with Crippen molar-refractivity contribution >= 4 is 36.4 Å². The second-order valence-electron chi connectivity index (χ2n) is 3.50. The van der Waals surface area contributed by atoms with Crippen molar-refractivity contribution in [1.29, 1.82) is 0 Å². The molecule has 0 saturated carbocycles. The zero-order valence-corrected chi connectivity index (χ0v) is 11.9. The van der Waals surface area contributed by atoms with E-state index < -0.39 is 19.9 Å². The molecule has 0 aliphatic carbocycles. The maximum absolute atomic E-state index is 11.6. The number of amides is 1. The van der Waals surface area contributed by atoms with Crippen molar-refractivity contribution < 1.29 is 17.4 Å². The number of hydrogen-bond acceptors (Lipinski definition) is 4. The summed E-state index contributed by atoms with van der Waals surface area (Å²) in [6, 6.07) is 5.26. The number of rotatable bonds is 5. The number of nitrogens with one attached hydrogen (secondary N) is 1. The second-order valence-corrected chi connectivity index (χ2v) is 7.62. The topological polar surface area (TPSA) is 80.3 Å². The molecular formula is C10H12ClNO4S2. The molecule has 1 amide bonds. The second kappa shape index (κ2) is 6.31. The lowest BCUT2D eigenvalue weighted by molar-refractivity contribution is 0.0956. The summed E-state index contributed by atoms with van der Waals surface area (Å²) >= 11 is 0. The molecule has 1 aromatic carbocycles. The van der Waals surface area contributed by atoms with Crippen LogP contribution in [0.3, 0.4) is 0 Å². The van der Waals surface area contributed by atoms with Crippen LogP contribution >= 0.6 is 10.7 Å². The van der Waals surface area contributed by atoms with Crippen LogP contribution in [0.15, 0.2) is 29.2 Å². The molecular weight excluding hydrogens is 298 g/mol. The van der Waals surface area contributed by atoms with Crippen molar-refractivity contribution in [3.05, 3.63) is 29.8 Å². The molecule has 0 fully saturated rings. The summed E-state index contributed by atoms with van der Waals surface area (Å²) in [5, 5.41) is 2.57. The van der Waals surface area contributed by atoms with Gasteiger partial charge in [-0.05, 0) is 24.3 Å². The minimum absolute atomic E-state index is 0.0598. The molecule has 1 atom stereocenters. The van der Waals surface area contributed by atoms with E-state index in [1.165, 1.54) is 24.3 Å². The van der Waals surface area contributed by atoms with Gasteiger partial charge in [-0.15, -0.1) is 0 Å². The minimum Gasteiger partial charge on any atom is -0.351 e. The lowest BCUT2D eigenvalue weighted by atomic mass is 10.2. The molecule has 1 aromatic rings. The molecule has 0 bridgehead atoms. The lowest BCUT2D eigenvalue weighted by Gasteiger charge is -2.04. The van der Waals surface area contributed by atoms with E-state index in [0.717, 1.165) is 0 Å². The zero-order chi connectivity index (χ0) is 13.8. The fourth-order valence-electron chi connectivity index (χ4n) is 1.18. The van der Waals surface area contributed by atoms with Crippen LogP contribution in [0.25, 0.3) is 0 Å². The third-order valence-electron chi connectivity index (χ3n) is 2.07. The highest BCUT2D eigenvalue weighted by atomic mass is 35.7. The largest absolute Gasteiger partial charge is 0.351 e. The minimum atomic E-state index is -3.77. The van der Waals surface area contributed by atoms with Crippen molar-refractivity contribution in [1.82, 2.24) is 5.32 Å². The molecule has 0 aliphatic rings. The van der Waals surface area contributed by atoms with E-state index in [2.05, 4.69) is 5.32 Å². The Kier molecular flexibility index (Phi) is 5.30. The molecule has 0 spiro atoms. The first-order valence-corrected chi connectivity index (χ1v) is 8.97. The van der Waals surface area contributed by atoms with E-state index in [4.69, 9.17) is 10.7 Å². The summed E-state index contributed by atoms with van der Waals surface area (Å²) in [5.74, 6) is 0.0267. The average Bonchev–Trinajstić information content (AvgIpc) is 2.27.